The molecule has 31 heavy (non-hydrogen) atoms. The quantitative estimate of drug-likeness (QED) is 0.493. The largest absolute Gasteiger partial charge is 0.460 e. The molecule has 0 aromatic carbocycles. The van der Waals surface area contributed by atoms with Gasteiger partial charge in [0, 0.05) is 37.1 Å². The first-order chi connectivity index (χ1) is 14.9. The zero-order valence-electron chi connectivity index (χ0n) is 17.1. The second-order valence-electron chi connectivity index (χ2n) is 7.56. The van der Waals surface area contributed by atoms with Crippen LogP contribution in [0.2, 0.25) is 0 Å². The van der Waals surface area contributed by atoms with Crippen LogP contribution in [0, 0.1) is 0 Å². The molecule has 0 saturated carbocycles. The highest BCUT2D eigenvalue weighted by Crippen LogP contribution is 2.24. The molecule has 0 radical (unpaired) electrons. The summed E-state index contributed by atoms with van der Waals surface area (Å²) in [5.74, 6) is 0. The van der Waals surface area contributed by atoms with Crippen molar-refractivity contribution in [2.75, 3.05) is 24.6 Å². The van der Waals surface area contributed by atoms with E-state index in [2.05, 4.69) is 39.4 Å². The summed E-state index contributed by atoms with van der Waals surface area (Å²) in [6.45, 7) is 3.42. The van der Waals surface area contributed by atoms with Crippen LogP contribution >= 0.6 is 20.6 Å². The van der Waals surface area contributed by atoms with Crippen molar-refractivity contribution in [1.29, 1.82) is 0 Å². The summed E-state index contributed by atoms with van der Waals surface area (Å²) in [6.07, 6.45) is 6.62. The van der Waals surface area contributed by atoms with Gasteiger partial charge in [-0.25, -0.2) is 19.0 Å². The summed E-state index contributed by atoms with van der Waals surface area (Å²) in [5, 5.41) is 13.0. The minimum absolute atomic E-state index is 0.0718. The smallest absolute Gasteiger partial charge is 0.316 e. The third kappa shape index (κ3) is 5.80. The number of rotatable bonds is 7. The molecule has 3 aromatic rings. The van der Waals surface area contributed by atoms with Crippen LogP contribution in [0.4, 0.5) is 9.52 Å². The van der Waals surface area contributed by atoms with Crippen molar-refractivity contribution in [3.63, 3.8) is 0 Å². The Morgan fingerprint density at radius 3 is 2.65 bits per heavy atom. The van der Waals surface area contributed by atoms with Gasteiger partial charge in [-0.05, 0) is 32.3 Å². The van der Waals surface area contributed by atoms with Crippen LogP contribution in [-0.4, -0.2) is 55.1 Å². The van der Waals surface area contributed by atoms with Gasteiger partial charge in [-0.2, -0.15) is 5.10 Å². The van der Waals surface area contributed by atoms with Crippen molar-refractivity contribution < 1.29 is 9.13 Å². The van der Waals surface area contributed by atoms with Gasteiger partial charge in [0.25, 0.3) is 5.56 Å². The Labute approximate surface area is 184 Å². The summed E-state index contributed by atoms with van der Waals surface area (Å²) in [5.41, 5.74) is 0.913. The van der Waals surface area contributed by atoms with E-state index in [1.807, 2.05) is 0 Å². The van der Waals surface area contributed by atoms with E-state index in [0.717, 1.165) is 36.1 Å². The number of hydrogen-bond acceptors (Lipinski definition) is 9. The van der Waals surface area contributed by atoms with E-state index in [1.165, 1.54) is 47.8 Å². The summed E-state index contributed by atoms with van der Waals surface area (Å²) in [7, 11) is 2.06. The molecule has 0 spiro atoms. The Morgan fingerprint density at radius 1 is 1.19 bits per heavy atom. The maximum absolute atomic E-state index is 13.5. The second-order valence-corrected chi connectivity index (χ2v) is 9.81. The molecule has 3 aromatic heterocycles. The Kier molecular flexibility index (Phi) is 6.52. The zero-order valence-corrected chi connectivity index (χ0v) is 19.0. The van der Waals surface area contributed by atoms with Crippen molar-refractivity contribution >= 4 is 25.7 Å². The number of aromatic nitrogens is 6. The molecule has 0 bridgehead atoms. The van der Waals surface area contributed by atoms with E-state index < -0.39 is 5.41 Å². The molecule has 2 atom stereocenters. The normalized spacial score (nSPS) is 16.2. The molecule has 0 amide bonds. The van der Waals surface area contributed by atoms with Gasteiger partial charge >= 0.3 is 6.01 Å². The Balaban J connectivity index is 1.47. The molecule has 0 N–H and O–H groups in total. The molecule has 1 fully saturated rings. The van der Waals surface area contributed by atoms with E-state index >= 15 is 0 Å². The summed E-state index contributed by atoms with van der Waals surface area (Å²) in [4.78, 5) is 22.7. The topological polar surface area (TPSA) is 98.9 Å². The first-order valence-electron chi connectivity index (χ1n) is 9.96. The molecule has 1 saturated heterocycles. The van der Waals surface area contributed by atoms with Crippen LogP contribution in [-0.2, 0) is 6.54 Å². The molecular formula is C19H23FN7O2PS. The Bertz CT molecular complexity index is 1080. The first-order valence-corrected chi connectivity index (χ1v) is 11.4. The van der Waals surface area contributed by atoms with Crippen molar-refractivity contribution in [2.24, 2.45) is 0 Å². The Morgan fingerprint density at radius 2 is 1.94 bits per heavy atom. The van der Waals surface area contributed by atoms with Gasteiger partial charge < -0.3 is 9.64 Å². The fourth-order valence-corrected chi connectivity index (χ4v) is 4.05. The van der Waals surface area contributed by atoms with Gasteiger partial charge in [0.1, 0.15) is 11.6 Å². The number of anilines is 1. The Hall–Kier alpha value is -2.52. The van der Waals surface area contributed by atoms with Crippen molar-refractivity contribution in [3.05, 3.63) is 39.9 Å². The van der Waals surface area contributed by atoms with E-state index in [-0.39, 0.29) is 24.7 Å². The van der Waals surface area contributed by atoms with E-state index in [4.69, 9.17) is 4.74 Å². The molecule has 9 nitrogen and oxygen atoms in total. The lowest BCUT2D eigenvalue weighted by Gasteiger charge is -2.25. The van der Waals surface area contributed by atoms with Gasteiger partial charge in [0.15, 0.2) is 5.41 Å². The summed E-state index contributed by atoms with van der Waals surface area (Å²) >= 11 is 1.48. The molecule has 12 heteroatoms. The number of alkyl halides is 1. The van der Waals surface area contributed by atoms with Gasteiger partial charge in [-0.1, -0.05) is 20.6 Å². The number of hydrogen-bond donors (Lipinski definition) is 0. The average molecular weight is 463 g/mol. The highest BCUT2D eigenvalue weighted by molar-refractivity contribution is 7.18. The van der Waals surface area contributed by atoms with Gasteiger partial charge in [-0.15, -0.1) is 10.2 Å². The average Bonchev–Trinajstić information content (AvgIpc) is 3.23. The first kappa shape index (κ1) is 21.7. The van der Waals surface area contributed by atoms with Crippen LogP contribution in [0.1, 0.15) is 31.2 Å². The van der Waals surface area contributed by atoms with Crippen LogP contribution < -0.4 is 15.2 Å². The standard InChI is InChI=1S/C19H23FN7O2PS/c1-19(20,30)12-29-17-21-9-13(10-22-17)14-5-6-16(28)27(25-14)11-15-23-24-18(31-15)26-7-3-2-4-8-26/h5-6,9-10H,2-4,7-8,11-12,30H2,1H3. The predicted octanol–water partition coefficient (Wildman–Crippen LogP) is 2.53. The molecule has 4 heterocycles. The zero-order chi connectivity index (χ0) is 21.8. The van der Waals surface area contributed by atoms with Crippen molar-refractivity contribution in [3.8, 4) is 17.3 Å². The number of piperidine rings is 1. The predicted molar refractivity (Wildman–Crippen MR) is 119 cm³/mol. The molecular weight excluding hydrogens is 440 g/mol. The SMILES string of the molecule is CC(F)(P)COc1ncc(-c2ccc(=O)n(Cc3nnc(N4CCCCC4)s3)n2)cn1. The van der Waals surface area contributed by atoms with E-state index in [0.29, 0.717) is 11.3 Å². The van der Waals surface area contributed by atoms with Gasteiger partial charge in [0.2, 0.25) is 5.13 Å². The number of halogens is 1. The van der Waals surface area contributed by atoms with Crippen LogP contribution in [0.3, 0.4) is 0 Å². The van der Waals surface area contributed by atoms with Crippen LogP contribution in [0.15, 0.2) is 29.3 Å². The lowest BCUT2D eigenvalue weighted by Crippen LogP contribution is -2.29. The third-order valence-corrected chi connectivity index (χ3v) is 5.78. The van der Waals surface area contributed by atoms with Gasteiger partial charge in [-0.3, -0.25) is 4.79 Å². The molecule has 0 aliphatic carbocycles. The fourth-order valence-electron chi connectivity index (χ4n) is 3.09. The monoisotopic (exact) mass is 463 g/mol. The molecule has 2 unspecified atom stereocenters. The maximum Gasteiger partial charge on any atom is 0.316 e. The maximum atomic E-state index is 13.5. The van der Waals surface area contributed by atoms with Crippen molar-refractivity contribution in [1.82, 2.24) is 29.9 Å². The third-order valence-electron chi connectivity index (χ3n) is 4.64. The highest BCUT2D eigenvalue weighted by Gasteiger charge is 2.18. The van der Waals surface area contributed by atoms with Crippen LogP contribution in [0.5, 0.6) is 6.01 Å². The highest BCUT2D eigenvalue weighted by atomic mass is 32.1. The van der Waals surface area contributed by atoms with Crippen molar-refractivity contribution in [2.45, 2.75) is 38.1 Å². The van der Waals surface area contributed by atoms with Gasteiger partial charge in [0.05, 0.1) is 12.2 Å². The lowest BCUT2D eigenvalue weighted by molar-refractivity contribution is 0.172. The number of nitrogens with zero attached hydrogens (tertiary/aromatic N) is 7. The van der Waals surface area contributed by atoms with Crippen LogP contribution in [0.25, 0.3) is 11.3 Å². The number of ether oxygens (including phenoxy) is 1. The minimum atomic E-state index is -1.56. The second kappa shape index (κ2) is 9.32. The molecule has 1 aliphatic rings. The summed E-state index contributed by atoms with van der Waals surface area (Å²) in [6, 6.07) is 3.13. The summed E-state index contributed by atoms with van der Waals surface area (Å²) < 4.78 is 20.1. The fraction of sp³-hybridized carbons (Fsp3) is 0.474. The van der Waals surface area contributed by atoms with E-state index in [9.17, 15) is 9.18 Å². The van der Waals surface area contributed by atoms with E-state index in [1.54, 1.807) is 6.07 Å². The molecule has 4 rings (SSSR count). The lowest BCUT2D eigenvalue weighted by atomic mass is 10.1. The minimum Gasteiger partial charge on any atom is -0.460 e. The molecule has 1 aliphatic heterocycles. The molecule has 164 valence electrons.